The minimum absolute atomic E-state index is 0.0360. The number of hydrazone groups is 1. The molecule has 0 aliphatic carbocycles. The van der Waals surface area contributed by atoms with Crippen molar-refractivity contribution in [1.29, 1.82) is 0 Å². The van der Waals surface area contributed by atoms with Gasteiger partial charge < -0.3 is 4.74 Å². The number of nitro benzene ring substituents is 1. The summed E-state index contributed by atoms with van der Waals surface area (Å²) < 4.78 is 5.27. The number of hydrogen-bond acceptors (Lipinski definition) is 5. The van der Waals surface area contributed by atoms with Gasteiger partial charge in [0.05, 0.1) is 10.6 Å². The summed E-state index contributed by atoms with van der Waals surface area (Å²) in [6.45, 7) is 1.57. The second kappa shape index (κ2) is 9.97. The van der Waals surface area contributed by atoms with Crippen LogP contribution in [0.2, 0.25) is 0 Å². The normalized spacial score (nSPS) is 11.0. The minimum atomic E-state index is -0.556. The molecule has 0 aromatic heterocycles. The number of nitrogens with zero attached hydrogens (tertiary/aromatic N) is 2. The SMILES string of the molecule is CC/C(=N\NC(=O)COc1ccccc1[N+](=O)[O-])c1ccc(-c2ccccc2)cc1. The van der Waals surface area contributed by atoms with Crippen LogP contribution in [0.5, 0.6) is 5.75 Å². The van der Waals surface area contributed by atoms with Gasteiger partial charge in [-0.15, -0.1) is 0 Å². The van der Waals surface area contributed by atoms with Crippen LogP contribution >= 0.6 is 0 Å². The summed E-state index contributed by atoms with van der Waals surface area (Å²) in [5.41, 5.74) is 6.09. The molecule has 7 nitrogen and oxygen atoms in total. The largest absolute Gasteiger partial charge is 0.477 e. The fourth-order valence-electron chi connectivity index (χ4n) is 2.87. The molecule has 0 saturated carbocycles. The van der Waals surface area contributed by atoms with Crippen molar-refractivity contribution >= 4 is 17.3 Å². The summed E-state index contributed by atoms with van der Waals surface area (Å²) >= 11 is 0. The lowest BCUT2D eigenvalue weighted by Gasteiger charge is -2.08. The zero-order valence-electron chi connectivity index (χ0n) is 16.4. The van der Waals surface area contributed by atoms with Gasteiger partial charge in [-0.1, -0.05) is 73.7 Å². The quantitative estimate of drug-likeness (QED) is 0.339. The van der Waals surface area contributed by atoms with Gasteiger partial charge in [0.2, 0.25) is 0 Å². The highest BCUT2D eigenvalue weighted by molar-refractivity contribution is 6.01. The molecule has 3 aromatic carbocycles. The van der Waals surface area contributed by atoms with Crippen molar-refractivity contribution in [2.45, 2.75) is 13.3 Å². The molecule has 1 N–H and O–H groups in total. The molecule has 0 aliphatic rings. The predicted octanol–water partition coefficient (Wildman–Crippen LogP) is 4.57. The molecule has 0 unspecified atom stereocenters. The predicted molar refractivity (Wildman–Crippen MR) is 115 cm³/mol. The van der Waals surface area contributed by atoms with Crippen molar-refractivity contribution in [3.8, 4) is 16.9 Å². The van der Waals surface area contributed by atoms with Gasteiger partial charge in [-0.05, 0) is 29.2 Å². The number of ether oxygens (including phenoxy) is 1. The van der Waals surface area contributed by atoms with Crippen molar-refractivity contribution in [3.05, 3.63) is 94.5 Å². The second-order valence-electron chi connectivity index (χ2n) is 6.40. The summed E-state index contributed by atoms with van der Waals surface area (Å²) in [6, 6.07) is 23.9. The maximum atomic E-state index is 12.1. The Morgan fingerprint density at radius 3 is 2.27 bits per heavy atom. The number of carbonyl (C=O) groups excluding carboxylic acids is 1. The number of carbonyl (C=O) groups is 1. The van der Waals surface area contributed by atoms with E-state index in [1.54, 1.807) is 6.07 Å². The van der Waals surface area contributed by atoms with Crippen molar-refractivity contribution in [1.82, 2.24) is 5.43 Å². The fourth-order valence-corrected chi connectivity index (χ4v) is 2.87. The third kappa shape index (κ3) is 5.29. The van der Waals surface area contributed by atoms with Crippen molar-refractivity contribution in [3.63, 3.8) is 0 Å². The van der Waals surface area contributed by atoms with E-state index in [1.165, 1.54) is 18.2 Å². The lowest BCUT2D eigenvalue weighted by molar-refractivity contribution is -0.385. The Morgan fingerprint density at radius 1 is 0.967 bits per heavy atom. The summed E-state index contributed by atoms with van der Waals surface area (Å²) in [7, 11) is 0. The molecule has 0 heterocycles. The first-order valence-corrected chi connectivity index (χ1v) is 9.46. The Morgan fingerprint density at radius 2 is 1.60 bits per heavy atom. The van der Waals surface area contributed by atoms with Crippen molar-refractivity contribution in [2.75, 3.05) is 6.61 Å². The molecular formula is C23H21N3O4. The molecule has 7 heteroatoms. The molecule has 0 spiro atoms. The molecule has 0 radical (unpaired) electrons. The molecule has 3 rings (SSSR count). The molecule has 3 aromatic rings. The highest BCUT2D eigenvalue weighted by Gasteiger charge is 2.15. The van der Waals surface area contributed by atoms with E-state index in [0.717, 1.165) is 16.7 Å². The van der Waals surface area contributed by atoms with Crippen LogP contribution in [0.4, 0.5) is 5.69 Å². The molecule has 0 aliphatic heterocycles. The summed E-state index contributed by atoms with van der Waals surface area (Å²) in [5, 5.41) is 15.2. The Kier molecular flexibility index (Phi) is 6.89. The average molecular weight is 403 g/mol. The van der Waals surface area contributed by atoms with Crippen LogP contribution in [0.15, 0.2) is 84.0 Å². The summed E-state index contributed by atoms with van der Waals surface area (Å²) in [6.07, 6.45) is 0.621. The van der Waals surface area contributed by atoms with E-state index in [4.69, 9.17) is 4.74 Å². The maximum Gasteiger partial charge on any atom is 0.310 e. The zero-order chi connectivity index (χ0) is 21.3. The van der Waals surface area contributed by atoms with Crippen LogP contribution in [0, 0.1) is 10.1 Å². The Balaban J connectivity index is 1.62. The van der Waals surface area contributed by atoms with Crippen LogP contribution in [-0.4, -0.2) is 23.1 Å². The van der Waals surface area contributed by atoms with Gasteiger partial charge in [0.25, 0.3) is 5.91 Å². The van der Waals surface area contributed by atoms with Gasteiger partial charge >= 0.3 is 5.69 Å². The monoisotopic (exact) mass is 403 g/mol. The molecule has 0 atom stereocenters. The zero-order valence-corrected chi connectivity index (χ0v) is 16.4. The highest BCUT2D eigenvalue weighted by atomic mass is 16.6. The highest BCUT2D eigenvalue weighted by Crippen LogP contribution is 2.25. The smallest absolute Gasteiger partial charge is 0.310 e. The van der Waals surface area contributed by atoms with E-state index in [1.807, 2.05) is 61.5 Å². The Bertz CT molecular complexity index is 1050. The molecule has 0 bridgehead atoms. The number of benzene rings is 3. The molecule has 1 amide bonds. The fraction of sp³-hybridized carbons (Fsp3) is 0.130. The van der Waals surface area contributed by atoms with Crippen LogP contribution < -0.4 is 10.2 Å². The Labute approximate surface area is 174 Å². The standard InChI is InChI=1S/C23H21N3O4/c1-2-20(19-14-12-18(13-15-19)17-8-4-3-5-9-17)24-25-23(27)16-30-22-11-7-6-10-21(22)26(28)29/h3-15H,2,16H2,1H3,(H,25,27)/b24-20+. The van der Waals surface area contributed by atoms with Crippen molar-refractivity contribution in [2.24, 2.45) is 5.10 Å². The maximum absolute atomic E-state index is 12.1. The number of nitro groups is 1. The first-order chi connectivity index (χ1) is 14.6. The molecule has 0 fully saturated rings. The first-order valence-electron chi connectivity index (χ1n) is 9.46. The van der Waals surface area contributed by atoms with Crippen LogP contribution in [0.25, 0.3) is 11.1 Å². The first kappa shape index (κ1) is 20.7. The molecule has 30 heavy (non-hydrogen) atoms. The number of rotatable bonds is 8. The van der Waals surface area contributed by atoms with E-state index in [0.29, 0.717) is 12.1 Å². The third-order valence-corrected chi connectivity index (χ3v) is 4.40. The topological polar surface area (TPSA) is 93.8 Å². The average Bonchev–Trinajstić information content (AvgIpc) is 2.79. The van der Waals surface area contributed by atoms with Crippen LogP contribution in [0.1, 0.15) is 18.9 Å². The van der Waals surface area contributed by atoms with Gasteiger partial charge in [0, 0.05) is 6.07 Å². The number of hydrogen-bond donors (Lipinski definition) is 1. The molecule has 152 valence electrons. The van der Waals surface area contributed by atoms with E-state index in [9.17, 15) is 14.9 Å². The minimum Gasteiger partial charge on any atom is -0.477 e. The lowest BCUT2D eigenvalue weighted by Crippen LogP contribution is -2.26. The summed E-state index contributed by atoms with van der Waals surface area (Å²) in [5.74, 6) is -0.464. The van der Waals surface area contributed by atoms with Gasteiger partial charge in [-0.2, -0.15) is 5.10 Å². The summed E-state index contributed by atoms with van der Waals surface area (Å²) in [4.78, 5) is 22.5. The number of amides is 1. The van der Waals surface area contributed by atoms with E-state index in [-0.39, 0.29) is 18.0 Å². The second-order valence-corrected chi connectivity index (χ2v) is 6.40. The number of para-hydroxylation sites is 2. The van der Waals surface area contributed by atoms with Gasteiger partial charge in [-0.25, -0.2) is 5.43 Å². The van der Waals surface area contributed by atoms with Gasteiger partial charge in [-0.3, -0.25) is 14.9 Å². The Hall–Kier alpha value is -4.00. The van der Waals surface area contributed by atoms with E-state index < -0.39 is 10.8 Å². The molecular weight excluding hydrogens is 382 g/mol. The van der Waals surface area contributed by atoms with Gasteiger partial charge in [0.15, 0.2) is 12.4 Å². The van der Waals surface area contributed by atoms with Crippen LogP contribution in [0.3, 0.4) is 0 Å². The molecule has 0 saturated heterocycles. The van der Waals surface area contributed by atoms with Crippen LogP contribution in [-0.2, 0) is 4.79 Å². The van der Waals surface area contributed by atoms with Crippen molar-refractivity contribution < 1.29 is 14.5 Å². The van der Waals surface area contributed by atoms with E-state index >= 15 is 0 Å². The lowest BCUT2D eigenvalue weighted by atomic mass is 10.0. The number of nitrogens with one attached hydrogen (secondary N) is 1. The van der Waals surface area contributed by atoms with Gasteiger partial charge in [0.1, 0.15) is 0 Å². The third-order valence-electron chi connectivity index (χ3n) is 4.40. The van der Waals surface area contributed by atoms with E-state index in [2.05, 4.69) is 10.5 Å².